The molecule has 5 rings (SSSR count). The van der Waals surface area contributed by atoms with E-state index in [0.717, 1.165) is 41.4 Å². The van der Waals surface area contributed by atoms with Crippen molar-refractivity contribution >= 4 is 32.7 Å². The lowest BCUT2D eigenvalue weighted by Crippen LogP contribution is -2.68. The van der Waals surface area contributed by atoms with Gasteiger partial charge in [-0.2, -0.15) is 0 Å². The zero-order chi connectivity index (χ0) is 27.6. The van der Waals surface area contributed by atoms with Gasteiger partial charge < -0.3 is 14.5 Å². The minimum atomic E-state index is -3.91. The number of amides is 3. The van der Waals surface area contributed by atoms with Gasteiger partial charge in [0.1, 0.15) is 17.8 Å². The van der Waals surface area contributed by atoms with Crippen LogP contribution in [0.25, 0.3) is 10.9 Å². The Morgan fingerprint density at radius 3 is 2.41 bits per heavy atom. The number of benzene rings is 2. The van der Waals surface area contributed by atoms with Crippen molar-refractivity contribution in [3.8, 4) is 5.75 Å². The third-order valence-electron chi connectivity index (χ3n) is 7.44. The molecule has 2 aliphatic rings. The summed E-state index contributed by atoms with van der Waals surface area (Å²) in [5.74, 6) is -0.843. The molecule has 0 unspecified atom stereocenters. The van der Waals surface area contributed by atoms with Crippen LogP contribution in [0.5, 0.6) is 5.75 Å². The van der Waals surface area contributed by atoms with Gasteiger partial charge in [-0.25, -0.2) is 18.7 Å². The minimum absolute atomic E-state index is 0.0333. The van der Waals surface area contributed by atoms with E-state index in [9.17, 15) is 23.2 Å². The number of hydroxylamine groups is 1. The van der Waals surface area contributed by atoms with Crippen molar-refractivity contribution in [1.82, 2.24) is 20.3 Å². The van der Waals surface area contributed by atoms with Gasteiger partial charge in [0.25, 0.3) is 5.91 Å². The summed E-state index contributed by atoms with van der Waals surface area (Å²) < 4.78 is 32.5. The Balaban J connectivity index is 1.26. The standard InChI is InChI=1S/C28H32N4O6S/c1-20-15-21(24-7-3-4-8-25(24)29-20)16-38-22-9-11-23(12-10-22)39(36,37)19-28(26(33)30-35)17-32(18-28)27(34)31-13-5-2-6-14-31/h3-4,7-12,15,35H,2,5-6,13-14,16-19H2,1H3,(H,30,33). The molecule has 0 radical (unpaired) electrons. The molecule has 0 spiro atoms. The Hall–Kier alpha value is -3.70. The number of likely N-dealkylation sites (tertiary alicyclic amines) is 2. The summed E-state index contributed by atoms with van der Waals surface area (Å²) in [5, 5.41) is 10.3. The number of rotatable bonds is 7. The van der Waals surface area contributed by atoms with Gasteiger partial charge in [-0.3, -0.25) is 15.0 Å². The average Bonchev–Trinajstić information content (AvgIpc) is 2.93. The summed E-state index contributed by atoms with van der Waals surface area (Å²) in [5.41, 5.74) is 2.91. The van der Waals surface area contributed by atoms with Gasteiger partial charge in [0.2, 0.25) is 0 Å². The molecule has 3 heterocycles. The van der Waals surface area contributed by atoms with Crippen LogP contribution in [0, 0.1) is 12.3 Å². The summed E-state index contributed by atoms with van der Waals surface area (Å²) in [6.07, 6.45) is 2.92. The number of carbonyl (C=O) groups is 2. The van der Waals surface area contributed by atoms with Crippen LogP contribution < -0.4 is 10.2 Å². The van der Waals surface area contributed by atoms with Crippen LogP contribution in [-0.4, -0.2) is 72.3 Å². The molecule has 206 valence electrons. The van der Waals surface area contributed by atoms with E-state index < -0.39 is 26.9 Å². The normalized spacial score (nSPS) is 17.0. The van der Waals surface area contributed by atoms with Crippen molar-refractivity contribution in [2.45, 2.75) is 37.7 Å². The maximum atomic E-state index is 13.3. The second kappa shape index (κ2) is 10.8. The summed E-state index contributed by atoms with van der Waals surface area (Å²) in [7, 11) is -3.91. The summed E-state index contributed by atoms with van der Waals surface area (Å²) in [6, 6.07) is 15.6. The number of carbonyl (C=O) groups excluding carboxylic acids is 2. The third kappa shape index (κ3) is 5.55. The summed E-state index contributed by atoms with van der Waals surface area (Å²) in [4.78, 5) is 33.1. The number of fused-ring (bicyclic) bond motifs is 1. The minimum Gasteiger partial charge on any atom is -0.489 e. The molecule has 3 amide bonds. The SMILES string of the molecule is Cc1cc(COc2ccc(S(=O)(=O)CC3(C(=O)NO)CN(C(=O)N4CCCCC4)C3)cc2)c2ccccc2n1. The zero-order valence-electron chi connectivity index (χ0n) is 21.8. The monoisotopic (exact) mass is 552 g/mol. The Labute approximate surface area is 227 Å². The number of aryl methyl sites for hydroxylation is 1. The number of hydrogen-bond acceptors (Lipinski definition) is 7. The highest BCUT2D eigenvalue weighted by Crippen LogP contribution is 2.35. The van der Waals surface area contributed by atoms with Gasteiger partial charge in [-0.1, -0.05) is 18.2 Å². The molecule has 0 saturated carbocycles. The first-order valence-corrected chi connectivity index (χ1v) is 14.7. The van der Waals surface area contributed by atoms with Gasteiger partial charge in [0.05, 0.1) is 16.2 Å². The highest BCUT2D eigenvalue weighted by atomic mass is 32.2. The number of aromatic nitrogens is 1. The predicted octanol–water partition coefficient (Wildman–Crippen LogP) is 3.31. The average molecular weight is 553 g/mol. The fraction of sp³-hybridized carbons (Fsp3) is 0.393. The number of piperidine rings is 1. The van der Waals surface area contributed by atoms with Gasteiger partial charge in [-0.05, 0) is 62.6 Å². The van der Waals surface area contributed by atoms with Crippen LogP contribution in [0.2, 0.25) is 0 Å². The molecule has 11 heteroatoms. The number of pyridine rings is 1. The molecule has 1 aromatic heterocycles. The summed E-state index contributed by atoms with van der Waals surface area (Å²) in [6.45, 7) is 3.36. The molecular weight excluding hydrogens is 520 g/mol. The lowest BCUT2D eigenvalue weighted by molar-refractivity contribution is -0.146. The van der Waals surface area contributed by atoms with E-state index in [2.05, 4.69) is 4.98 Å². The van der Waals surface area contributed by atoms with E-state index >= 15 is 0 Å². The van der Waals surface area contributed by atoms with Crippen LogP contribution >= 0.6 is 0 Å². The zero-order valence-corrected chi connectivity index (χ0v) is 22.6. The summed E-state index contributed by atoms with van der Waals surface area (Å²) >= 11 is 0. The maximum Gasteiger partial charge on any atom is 0.320 e. The molecule has 2 aliphatic heterocycles. The van der Waals surface area contributed by atoms with Crippen LogP contribution in [-0.2, 0) is 21.2 Å². The fourth-order valence-electron chi connectivity index (χ4n) is 5.39. The van der Waals surface area contributed by atoms with Crippen molar-refractivity contribution in [3.63, 3.8) is 0 Å². The van der Waals surface area contributed by atoms with E-state index in [-0.39, 0.29) is 30.6 Å². The molecule has 2 N–H and O–H groups in total. The first-order chi connectivity index (χ1) is 18.7. The van der Waals surface area contributed by atoms with E-state index in [1.165, 1.54) is 17.0 Å². The van der Waals surface area contributed by atoms with Crippen LogP contribution in [0.4, 0.5) is 4.79 Å². The number of nitrogens with one attached hydrogen (secondary N) is 1. The van der Waals surface area contributed by atoms with Crippen molar-refractivity contribution in [1.29, 1.82) is 0 Å². The number of para-hydroxylation sites is 1. The van der Waals surface area contributed by atoms with Crippen LogP contribution in [0.1, 0.15) is 30.5 Å². The molecular formula is C28H32N4O6S. The molecule has 2 aromatic carbocycles. The van der Waals surface area contributed by atoms with Crippen molar-refractivity contribution in [3.05, 3.63) is 65.9 Å². The molecule has 0 bridgehead atoms. The Kier molecular flexibility index (Phi) is 7.46. The third-order valence-corrected chi connectivity index (χ3v) is 9.36. The predicted molar refractivity (Wildman–Crippen MR) is 144 cm³/mol. The Morgan fingerprint density at radius 2 is 1.72 bits per heavy atom. The van der Waals surface area contributed by atoms with Gasteiger partial charge in [-0.15, -0.1) is 0 Å². The lowest BCUT2D eigenvalue weighted by atomic mass is 9.81. The number of ether oxygens (including phenoxy) is 1. The van der Waals surface area contributed by atoms with E-state index in [4.69, 9.17) is 4.74 Å². The molecule has 10 nitrogen and oxygen atoms in total. The number of urea groups is 1. The highest BCUT2D eigenvalue weighted by molar-refractivity contribution is 7.91. The van der Waals surface area contributed by atoms with E-state index in [1.807, 2.05) is 37.3 Å². The lowest BCUT2D eigenvalue weighted by Gasteiger charge is -2.49. The van der Waals surface area contributed by atoms with Gasteiger partial charge in [0, 0.05) is 42.8 Å². The molecule has 39 heavy (non-hydrogen) atoms. The Morgan fingerprint density at radius 1 is 1.03 bits per heavy atom. The van der Waals surface area contributed by atoms with E-state index in [0.29, 0.717) is 18.8 Å². The molecule has 3 aromatic rings. The topological polar surface area (TPSA) is 129 Å². The quantitative estimate of drug-likeness (QED) is 0.340. The second-order valence-corrected chi connectivity index (χ2v) is 12.4. The molecule has 0 aliphatic carbocycles. The first-order valence-electron chi connectivity index (χ1n) is 13.0. The largest absolute Gasteiger partial charge is 0.489 e. The van der Waals surface area contributed by atoms with Crippen molar-refractivity contribution in [2.75, 3.05) is 31.9 Å². The first kappa shape index (κ1) is 26.9. The number of hydrogen-bond donors (Lipinski definition) is 2. The number of nitrogens with zero attached hydrogens (tertiary/aromatic N) is 3. The van der Waals surface area contributed by atoms with Crippen molar-refractivity contribution in [2.24, 2.45) is 5.41 Å². The van der Waals surface area contributed by atoms with Crippen LogP contribution in [0.3, 0.4) is 0 Å². The maximum absolute atomic E-state index is 13.3. The smallest absolute Gasteiger partial charge is 0.320 e. The van der Waals surface area contributed by atoms with Gasteiger partial charge in [0.15, 0.2) is 9.84 Å². The molecule has 0 atom stereocenters. The van der Waals surface area contributed by atoms with E-state index in [1.54, 1.807) is 22.5 Å². The van der Waals surface area contributed by atoms with Crippen LogP contribution in [0.15, 0.2) is 59.5 Å². The van der Waals surface area contributed by atoms with Crippen molar-refractivity contribution < 1.29 is 28.0 Å². The highest BCUT2D eigenvalue weighted by Gasteiger charge is 2.54. The molecule has 2 saturated heterocycles. The number of sulfone groups is 1. The Bertz CT molecular complexity index is 1480. The fourth-order valence-corrected chi connectivity index (χ4v) is 7.15. The molecule has 2 fully saturated rings. The van der Waals surface area contributed by atoms with Gasteiger partial charge >= 0.3 is 6.03 Å². The second-order valence-electron chi connectivity index (χ2n) is 10.4.